The molecule has 176 valence electrons. The Morgan fingerprint density at radius 2 is 1.80 bits per heavy atom. The summed E-state index contributed by atoms with van der Waals surface area (Å²) >= 11 is 0. The lowest BCUT2D eigenvalue weighted by Crippen LogP contribution is -2.32. The summed E-state index contributed by atoms with van der Waals surface area (Å²) in [4.78, 5) is 17.8. The van der Waals surface area contributed by atoms with E-state index in [-0.39, 0.29) is 0 Å². The smallest absolute Gasteiger partial charge is 0.161 e. The van der Waals surface area contributed by atoms with Gasteiger partial charge in [-0.05, 0) is 76.4 Å². The van der Waals surface area contributed by atoms with E-state index >= 15 is 0 Å². The summed E-state index contributed by atoms with van der Waals surface area (Å²) in [5.41, 5.74) is 6.12. The highest BCUT2D eigenvalue weighted by Crippen LogP contribution is 2.45. The Hall–Kier alpha value is -3.84. The van der Waals surface area contributed by atoms with Crippen molar-refractivity contribution in [3.63, 3.8) is 0 Å². The van der Waals surface area contributed by atoms with Crippen LogP contribution in [-0.2, 0) is 5.60 Å². The van der Waals surface area contributed by atoms with Gasteiger partial charge in [0.2, 0.25) is 0 Å². The average molecular weight is 466 g/mol. The molecule has 1 aliphatic rings. The normalized spacial score (nSPS) is 15.5. The summed E-state index contributed by atoms with van der Waals surface area (Å²) in [6.07, 6.45) is 3.95. The maximum atomic E-state index is 12.7. The van der Waals surface area contributed by atoms with Crippen molar-refractivity contribution < 1.29 is 9.63 Å². The van der Waals surface area contributed by atoms with Gasteiger partial charge in [0.15, 0.2) is 5.60 Å². The quantitative estimate of drug-likeness (QED) is 0.360. The third kappa shape index (κ3) is 3.46. The molecule has 0 bridgehead atoms. The van der Waals surface area contributed by atoms with Crippen LogP contribution < -0.4 is 0 Å². The van der Waals surface area contributed by atoms with Crippen molar-refractivity contribution in [3.8, 4) is 11.1 Å². The molecule has 1 atom stereocenters. The second kappa shape index (κ2) is 7.85. The molecule has 1 unspecified atom stereocenters. The maximum absolute atomic E-state index is 12.7. The number of fused-ring (bicyclic) bond motifs is 1. The molecular weight excluding hydrogens is 438 g/mol. The molecule has 1 saturated carbocycles. The van der Waals surface area contributed by atoms with E-state index in [2.05, 4.69) is 26.2 Å². The molecule has 1 aromatic carbocycles. The number of pyridine rings is 2. The molecule has 5 aromatic rings. The van der Waals surface area contributed by atoms with Crippen LogP contribution >= 0.6 is 0 Å². The number of aryl methyl sites for hydroxylation is 4. The van der Waals surface area contributed by atoms with Crippen molar-refractivity contribution >= 4 is 11.0 Å². The zero-order valence-electron chi connectivity index (χ0n) is 20.3. The molecule has 35 heavy (non-hydrogen) atoms. The van der Waals surface area contributed by atoms with Crippen LogP contribution in [0.4, 0.5) is 0 Å². The van der Waals surface area contributed by atoms with Crippen LogP contribution in [0.5, 0.6) is 0 Å². The maximum Gasteiger partial charge on any atom is 0.161 e. The van der Waals surface area contributed by atoms with Gasteiger partial charge in [-0.15, -0.1) is 0 Å². The van der Waals surface area contributed by atoms with E-state index in [9.17, 15) is 5.11 Å². The number of nitrogens with one attached hydrogen (secondary N) is 1. The minimum absolute atomic E-state index is 0.434. The van der Waals surface area contributed by atoms with Crippen LogP contribution in [0.2, 0.25) is 0 Å². The van der Waals surface area contributed by atoms with Crippen molar-refractivity contribution in [2.45, 2.75) is 52.1 Å². The van der Waals surface area contributed by atoms with Gasteiger partial charge in [-0.1, -0.05) is 17.3 Å². The molecule has 0 amide bonds. The van der Waals surface area contributed by atoms with Gasteiger partial charge in [-0.25, -0.2) is 4.98 Å². The predicted molar refractivity (Wildman–Crippen MR) is 133 cm³/mol. The number of benzene rings is 1. The fourth-order valence-corrected chi connectivity index (χ4v) is 5.07. The first-order valence-electron chi connectivity index (χ1n) is 11.9. The van der Waals surface area contributed by atoms with E-state index in [1.54, 1.807) is 6.20 Å². The number of H-pyrrole nitrogens is 1. The van der Waals surface area contributed by atoms with Gasteiger partial charge < -0.3 is 14.6 Å². The van der Waals surface area contributed by atoms with Crippen LogP contribution in [0.1, 0.15) is 64.2 Å². The van der Waals surface area contributed by atoms with E-state index in [0.29, 0.717) is 22.7 Å². The molecule has 4 heterocycles. The molecule has 0 saturated heterocycles. The molecular formula is C28H27N5O2. The Morgan fingerprint density at radius 1 is 0.971 bits per heavy atom. The molecule has 2 N–H and O–H groups in total. The van der Waals surface area contributed by atoms with Crippen molar-refractivity contribution in [2.24, 2.45) is 0 Å². The first-order chi connectivity index (χ1) is 16.9. The van der Waals surface area contributed by atoms with Gasteiger partial charge >= 0.3 is 0 Å². The largest absolute Gasteiger partial charge is 0.374 e. The van der Waals surface area contributed by atoms with Gasteiger partial charge in [0.1, 0.15) is 11.6 Å². The molecule has 6 rings (SSSR count). The Kier molecular flexibility index (Phi) is 4.86. The highest BCUT2D eigenvalue weighted by molar-refractivity contribution is 5.88. The van der Waals surface area contributed by atoms with Crippen LogP contribution in [0, 0.1) is 27.7 Å². The van der Waals surface area contributed by atoms with Crippen molar-refractivity contribution in [2.75, 3.05) is 0 Å². The highest BCUT2D eigenvalue weighted by Gasteiger charge is 2.40. The Morgan fingerprint density at radius 3 is 2.46 bits per heavy atom. The van der Waals surface area contributed by atoms with E-state index in [1.165, 1.54) is 0 Å². The monoisotopic (exact) mass is 465 g/mol. The molecule has 1 aliphatic carbocycles. The average Bonchev–Trinajstić information content (AvgIpc) is 3.52. The van der Waals surface area contributed by atoms with Gasteiger partial charge in [-0.2, -0.15) is 0 Å². The van der Waals surface area contributed by atoms with Crippen LogP contribution in [-0.4, -0.2) is 30.2 Å². The standard InChI is InChI=1S/C28H27N5O2/c1-15-8-11-21(16(2)30-15)28(34,24-7-5-6-12-29-24)22-13-20(25-17(3)33-35-18(25)4)14-23-26(22)32-27(31-23)19-9-10-19/h5-8,11-14,19,34H,9-10H2,1-4H3,(H,31,32). The fourth-order valence-electron chi connectivity index (χ4n) is 5.07. The number of hydrogen-bond donors (Lipinski definition) is 2. The fraction of sp³-hybridized carbons (Fsp3) is 0.286. The van der Waals surface area contributed by atoms with Gasteiger partial charge in [0, 0.05) is 40.2 Å². The highest BCUT2D eigenvalue weighted by atomic mass is 16.5. The number of nitrogens with zero attached hydrogens (tertiary/aromatic N) is 4. The summed E-state index contributed by atoms with van der Waals surface area (Å²) in [5, 5.41) is 16.9. The van der Waals surface area contributed by atoms with Crippen LogP contribution in [0.25, 0.3) is 22.2 Å². The lowest BCUT2D eigenvalue weighted by atomic mass is 9.80. The first kappa shape index (κ1) is 21.7. The van der Waals surface area contributed by atoms with Crippen LogP contribution in [0.15, 0.2) is 53.2 Å². The zero-order valence-corrected chi connectivity index (χ0v) is 20.3. The van der Waals surface area contributed by atoms with Crippen LogP contribution in [0.3, 0.4) is 0 Å². The van der Waals surface area contributed by atoms with Crippen molar-refractivity contribution in [1.29, 1.82) is 0 Å². The Balaban J connectivity index is 1.71. The molecule has 0 radical (unpaired) electrons. The second-order valence-electron chi connectivity index (χ2n) is 9.53. The number of aliphatic hydroxyl groups is 1. The molecule has 7 heteroatoms. The third-order valence-corrected chi connectivity index (χ3v) is 6.93. The molecule has 0 aliphatic heterocycles. The van der Waals surface area contributed by atoms with E-state index < -0.39 is 5.60 Å². The summed E-state index contributed by atoms with van der Waals surface area (Å²) in [5.74, 6) is 2.12. The number of aromatic amines is 1. The van der Waals surface area contributed by atoms with Crippen molar-refractivity contribution in [3.05, 3.63) is 94.1 Å². The van der Waals surface area contributed by atoms with Gasteiger partial charge in [-0.3, -0.25) is 9.97 Å². The molecule has 1 fully saturated rings. The Bertz CT molecular complexity index is 1550. The summed E-state index contributed by atoms with van der Waals surface area (Å²) in [6.45, 7) is 7.70. The van der Waals surface area contributed by atoms with Crippen molar-refractivity contribution in [1.82, 2.24) is 25.1 Å². The lowest BCUT2D eigenvalue weighted by Gasteiger charge is -2.30. The second-order valence-corrected chi connectivity index (χ2v) is 9.53. The third-order valence-electron chi connectivity index (χ3n) is 6.93. The minimum atomic E-state index is -1.57. The minimum Gasteiger partial charge on any atom is -0.374 e. The molecule has 0 spiro atoms. The zero-order chi connectivity index (χ0) is 24.3. The summed E-state index contributed by atoms with van der Waals surface area (Å²) in [7, 11) is 0. The summed E-state index contributed by atoms with van der Waals surface area (Å²) < 4.78 is 5.48. The number of hydrogen-bond acceptors (Lipinski definition) is 6. The predicted octanol–water partition coefficient (Wildman–Crippen LogP) is 5.40. The summed E-state index contributed by atoms with van der Waals surface area (Å²) in [6, 6.07) is 13.5. The van der Waals surface area contributed by atoms with E-state index in [1.807, 2.05) is 64.1 Å². The molecule has 4 aromatic heterocycles. The number of rotatable bonds is 5. The SMILES string of the molecule is Cc1ccc(C(O)(c2ccccn2)c2cc(-c3c(C)noc3C)cc3[nH]c(C4CC4)nc23)c(C)n1. The topological polar surface area (TPSA) is 101 Å². The van der Waals surface area contributed by atoms with E-state index in [4.69, 9.17) is 9.51 Å². The van der Waals surface area contributed by atoms with E-state index in [0.717, 1.165) is 63.7 Å². The lowest BCUT2D eigenvalue weighted by molar-refractivity contribution is 0.121. The van der Waals surface area contributed by atoms with Gasteiger partial charge in [0.25, 0.3) is 0 Å². The molecule has 7 nitrogen and oxygen atoms in total. The first-order valence-corrected chi connectivity index (χ1v) is 11.9. The van der Waals surface area contributed by atoms with Gasteiger partial charge in [0.05, 0.1) is 22.4 Å². The Labute approximate surface area is 203 Å². The number of aromatic nitrogens is 5. The number of imidazole rings is 1.